The maximum Gasteiger partial charge on any atom is 0.257 e. The first-order valence-corrected chi connectivity index (χ1v) is 7.18. The number of nitrogens with zero attached hydrogens (tertiary/aromatic N) is 2. The molecule has 1 atom stereocenters. The molecule has 102 valence electrons. The van der Waals surface area contributed by atoms with Gasteiger partial charge in [0.2, 0.25) is 0 Å². The van der Waals surface area contributed by atoms with Crippen LogP contribution in [0.25, 0.3) is 22.2 Å². The maximum absolute atomic E-state index is 6.22. The standard InChI is InChI=1S/C16H15ClN2O/c1-2-5-14(17)15-18-16(20-19-15)13-9-8-11-6-3-4-7-12(11)10-13/h3-4,6-10,14H,2,5H2,1H3. The normalized spacial score (nSPS) is 12.7. The molecule has 20 heavy (non-hydrogen) atoms. The van der Waals surface area contributed by atoms with E-state index in [9.17, 15) is 0 Å². The van der Waals surface area contributed by atoms with E-state index in [4.69, 9.17) is 16.1 Å². The fraction of sp³-hybridized carbons (Fsp3) is 0.250. The first kappa shape index (κ1) is 13.1. The number of halogens is 1. The average molecular weight is 287 g/mol. The molecule has 0 aliphatic rings. The van der Waals surface area contributed by atoms with Crippen LogP contribution in [-0.4, -0.2) is 10.1 Å². The Morgan fingerprint density at radius 1 is 1.15 bits per heavy atom. The quantitative estimate of drug-likeness (QED) is 0.636. The van der Waals surface area contributed by atoms with Crippen LogP contribution < -0.4 is 0 Å². The fourth-order valence-corrected chi connectivity index (χ4v) is 2.49. The predicted octanol–water partition coefficient (Wildman–Crippen LogP) is 4.97. The first-order valence-electron chi connectivity index (χ1n) is 6.75. The highest BCUT2D eigenvalue weighted by molar-refractivity contribution is 6.20. The zero-order valence-corrected chi connectivity index (χ0v) is 12.0. The van der Waals surface area contributed by atoms with Gasteiger partial charge >= 0.3 is 0 Å². The highest BCUT2D eigenvalue weighted by Gasteiger charge is 2.15. The second-order valence-electron chi connectivity index (χ2n) is 4.78. The Kier molecular flexibility index (Phi) is 3.70. The minimum absolute atomic E-state index is 0.182. The van der Waals surface area contributed by atoms with Gasteiger partial charge in [-0.2, -0.15) is 4.98 Å². The van der Waals surface area contributed by atoms with Gasteiger partial charge in [-0.15, -0.1) is 11.6 Å². The summed E-state index contributed by atoms with van der Waals surface area (Å²) in [7, 11) is 0. The zero-order chi connectivity index (χ0) is 13.9. The van der Waals surface area contributed by atoms with Gasteiger partial charge in [-0.3, -0.25) is 0 Å². The van der Waals surface area contributed by atoms with Crippen molar-refractivity contribution in [2.24, 2.45) is 0 Å². The van der Waals surface area contributed by atoms with Gasteiger partial charge in [-0.1, -0.05) is 48.8 Å². The number of rotatable bonds is 4. The van der Waals surface area contributed by atoms with Crippen molar-refractivity contribution in [1.82, 2.24) is 10.1 Å². The molecule has 0 saturated heterocycles. The molecule has 4 heteroatoms. The highest BCUT2D eigenvalue weighted by Crippen LogP contribution is 2.27. The van der Waals surface area contributed by atoms with Gasteiger partial charge in [0.25, 0.3) is 5.89 Å². The van der Waals surface area contributed by atoms with Crippen LogP contribution in [-0.2, 0) is 0 Å². The van der Waals surface area contributed by atoms with E-state index in [2.05, 4.69) is 41.3 Å². The third-order valence-corrected chi connectivity index (χ3v) is 3.67. The lowest BCUT2D eigenvalue weighted by atomic mass is 10.1. The third kappa shape index (κ3) is 2.54. The summed E-state index contributed by atoms with van der Waals surface area (Å²) in [6, 6.07) is 14.3. The van der Waals surface area contributed by atoms with Crippen molar-refractivity contribution in [3.8, 4) is 11.5 Å². The molecule has 1 heterocycles. The molecule has 0 aliphatic carbocycles. The molecule has 0 bridgehead atoms. The second kappa shape index (κ2) is 5.63. The monoisotopic (exact) mass is 286 g/mol. The van der Waals surface area contributed by atoms with Gasteiger partial charge < -0.3 is 4.52 Å². The Labute approximate surface area is 122 Å². The molecule has 0 aliphatic heterocycles. The lowest BCUT2D eigenvalue weighted by Crippen LogP contribution is -1.92. The summed E-state index contributed by atoms with van der Waals surface area (Å²) in [6.07, 6.45) is 1.84. The summed E-state index contributed by atoms with van der Waals surface area (Å²) in [5, 5.41) is 6.14. The van der Waals surface area contributed by atoms with E-state index in [1.807, 2.05) is 18.2 Å². The van der Waals surface area contributed by atoms with Crippen LogP contribution in [0.1, 0.15) is 31.0 Å². The Hall–Kier alpha value is -1.87. The number of fused-ring (bicyclic) bond motifs is 1. The van der Waals surface area contributed by atoms with Crippen molar-refractivity contribution in [2.75, 3.05) is 0 Å². The van der Waals surface area contributed by atoms with E-state index in [1.165, 1.54) is 5.39 Å². The van der Waals surface area contributed by atoms with Crippen LogP contribution >= 0.6 is 11.6 Å². The van der Waals surface area contributed by atoms with Crippen LogP contribution in [0, 0.1) is 0 Å². The minimum atomic E-state index is -0.182. The topological polar surface area (TPSA) is 38.9 Å². The number of aromatic nitrogens is 2. The molecule has 0 amide bonds. The summed E-state index contributed by atoms with van der Waals surface area (Å²) in [6.45, 7) is 2.08. The number of hydrogen-bond acceptors (Lipinski definition) is 3. The molecular formula is C16H15ClN2O. The maximum atomic E-state index is 6.22. The van der Waals surface area contributed by atoms with E-state index in [-0.39, 0.29) is 5.38 Å². The molecule has 3 aromatic rings. The van der Waals surface area contributed by atoms with Crippen molar-refractivity contribution >= 4 is 22.4 Å². The summed E-state index contributed by atoms with van der Waals surface area (Å²) >= 11 is 6.22. The van der Waals surface area contributed by atoms with E-state index in [1.54, 1.807) is 0 Å². The average Bonchev–Trinajstić information content (AvgIpc) is 2.97. The molecule has 3 rings (SSSR count). The zero-order valence-electron chi connectivity index (χ0n) is 11.2. The van der Waals surface area contributed by atoms with Gasteiger partial charge in [0.1, 0.15) is 0 Å². The van der Waals surface area contributed by atoms with Gasteiger partial charge in [0.15, 0.2) is 5.82 Å². The molecule has 0 saturated carbocycles. The van der Waals surface area contributed by atoms with Crippen LogP contribution in [0.2, 0.25) is 0 Å². The molecule has 0 radical (unpaired) electrons. The van der Waals surface area contributed by atoms with Crippen LogP contribution in [0.4, 0.5) is 0 Å². The highest BCUT2D eigenvalue weighted by atomic mass is 35.5. The summed E-state index contributed by atoms with van der Waals surface area (Å²) in [5.74, 6) is 1.09. The lowest BCUT2D eigenvalue weighted by Gasteiger charge is -2.00. The number of benzene rings is 2. The molecular weight excluding hydrogens is 272 g/mol. The van der Waals surface area contributed by atoms with Crippen molar-refractivity contribution in [1.29, 1.82) is 0 Å². The molecule has 1 aromatic heterocycles. The fourth-order valence-electron chi connectivity index (χ4n) is 2.18. The molecule has 0 N–H and O–H groups in total. The van der Waals surface area contributed by atoms with Gasteiger partial charge in [0.05, 0.1) is 5.38 Å². The largest absolute Gasteiger partial charge is 0.334 e. The molecule has 0 fully saturated rings. The number of hydrogen-bond donors (Lipinski definition) is 0. The van der Waals surface area contributed by atoms with Gasteiger partial charge in [0, 0.05) is 5.56 Å². The Morgan fingerprint density at radius 2 is 1.95 bits per heavy atom. The van der Waals surface area contributed by atoms with Crippen LogP contribution in [0.3, 0.4) is 0 Å². The minimum Gasteiger partial charge on any atom is -0.334 e. The van der Waals surface area contributed by atoms with E-state index in [0.29, 0.717) is 11.7 Å². The van der Waals surface area contributed by atoms with E-state index in [0.717, 1.165) is 23.8 Å². The Morgan fingerprint density at radius 3 is 2.75 bits per heavy atom. The predicted molar refractivity (Wildman–Crippen MR) is 80.7 cm³/mol. The van der Waals surface area contributed by atoms with Crippen LogP contribution in [0.15, 0.2) is 47.0 Å². The molecule has 2 aromatic carbocycles. The third-order valence-electron chi connectivity index (χ3n) is 3.26. The summed E-state index contributed by atoms with van der Waals surface area (Å²) in [4.78, 5) is 4.40. The SMILES string of the molecule is CCCC(Cl)c1noc(-c2ccc3ccccc3c2)n1. The Bertz CT molecular complexity index is 723. The van der Waals surface area contributed by atoms with Crippen molar-refractivity contribution in [3.63, 3.8) is 0 Å². The van der Waals surface area contributed by atoms with Crippen molar-refractivity contribution in [3.05, 3.63) is 48.3 Å². The smallest absolute Gasteiger partial charge is 0.257 e. The molecule has 3 nitrogen and oxygen atoms in total. The first-order chi connectivity index (χ1) is 9.78. The summed E-state index contributed by atoms with van der Waals surface area (Å²) < 4.78 is 5.32. The van der Waals surface area contributed by atoms with Crippen molar-refractivity contribution < 1.29 is 4.52 Å². The summed E-state index contributed by atoms with van der Waals surface area (Å²) in [5.41, 5.74) is 0.919. The number of alkyl halides is 1. The van der Waals surface area contributed by atoms with Gasteiger partial charge in [-0.25, -0.2) is 0 Å². The van der Waals surface area contributed by atoms with E-state index < -0.39 is 0 Å². The Balaban J connectivity index is 1.94. The molecule has 0 spiro atoms. The lowest BCUT2D eigenvalue weighted by molar-refractivity contribution is 0.420. The second-order valence-corrected chi connectivity index (χ2v) is 5.30. The van der Waals surface area contributed by atoms with E-state index >= 15 is 0 Å². The molecule has 1 unspecified atom stereocenters. The van der Waals surface area contributed by atoms with Crippen LogP contribution in [0.5, 0.6) is 0 Å². The van der Waals surface area contributed by atoms with Gasteiger partial charge in [-0.05, 0) is 29.3 Å². The van der Waals surface area contributed by atoms with Crippen molar-refractivity contribution in [2.45, 2.75) is 25.1 Å².